The van der Waals surface area contributed by atoms with Crippen molar-refractivity contribution in [1.29, 1.82) is 10.7 Å². The van der Waals surface area contributed by atoms with Crippen LogP contribution in [0.3, 0.4) is 0 Å². The zero-order valence-electron chi connectivity index (χ0n) is 16.1. The molecule has 0 unspecified atom stereocenters. The molecular weight excluding hydrogens is 462 g/mol. The number of alkyl halides is 2. The highest BCUT2D eigenvalue weighted by Gasteiger charge is 2.47. The number of nitriles is 1. The van der Waals surface area contributed by atoms with Gasteiger partial charge in [0.15, 0.2) is 5.01 Å². The van der Waals surface area contributed by atoms with Gasteiger partial charge in [-0.15, -0.1) is 10.2 Å². The number of halogens is 2. The van der Waals surface area contributed by atoms with Gasteiger partial charge in [0.25, 0.3) is 6.43 Å². The van der Waals surface area contributed by atoms with E-state index in [1.165, 1.54) is 24.5 Å². The largest absolute Gasteiger partial charge is 0.329 e. The number of aromatic nitrogens is 4. The van der Waals surface area contributed by atoms with Crippen molar-refractivity contribution in [2.75, 3.05) is 5.32 Å². The number of nitrogens with one attached hydrogen (secondary N) is 3. The van der Waals surface area contributed by atoms with Gasteiger partial charge in [-0.3, -0.25) is 0 Å². The minimum absolute atomic E-state index is 0. The quantitative estimate of drug-likeness (QED) is 0.416. The van der Waals surface area contributed by atoms with E-state index in [9.17, 15) is 22.5 Å². The summed E-state index contributed by atoms with van der Waals surface area (Å²) >= 11 is 0.605. The second-order valence-corrected chi connectivity index (χ2v) is 9.57. The second-order valence-electron chi connectivity index (χ2n) is 6.88. The molecular formula is C18H16F2N8O2S2. The van der Waals surface area contributed by atoms with E-state index in [0.717, 1.165) is 6.21 Å². The summed E-state index contributed by atoms with van der Waals surface area (Å²) in [5.41, 5.74) is 0.0722. The molecule has 1 saturated carbocycles. The first-order valence-corrected chi connectivity index (χ1v) is 11.4. The summed E-state index contributed by atoms with van der Waals surface area (Å²) < 4.78 is 54.2. The summed E-state index contributed by atoms with van der Waals surface area (Å²) in [5, 5.41) is 34.0. The van der Waals surface area contributed by atoms with Gasteiger partial charge in [-0.05, 0) is 36.6 Å². The maximum absolute atomic E-state index is 13.0. The van der Waals surface area contributed by atoms with Crippen molar-refractivity contribution in [3.05, 3.63) is 41.2 Å². The van der Waals surface area contributed by atoms with Crippen LogP contribution in [0.15, 0.2) is 35.5 Å². The van der Waals surface area contributed by atoms with Gasteiger partial charge in [0.05, 0.1) is 29.0 Å². The van der Waals surface area contributed by atoms with E-state index in [2.05, 4.69) is 30.4 Å². The van der Waals surface area contributed by atoms with E-state index < -0.39 is 27.0 Å². The van der Waals surface area contributed by atoms with E-state index in [1.807, 2.05) is 6.07 Å². The van der Waals surface area contributed by atoms with E-state index in [-0.39, 0.29) is 22.7 Å². The molecule has 2 heterocycles. The second kappa shape index (κ2) is 8.26. The van der Waals surface area contributed by atoms with Gasteiger partial charge in [-0.2, -0.15) is 20.2 Å². The topological polar surface area (TPSA) is 157 Å². The molecule has 3 N–H and O–H groups in total. The molecule has 0 radical (unpaired) electrons. The Hall–Kier alpha value is -3.41. The summed E-state index contributed by atoms with van der Waals surface area (Å²) in [4.78, 5) is -0.183. The van der Waals surface area contributed by atoms with Crippen molar-refractivity contribution in [1.82, 2.24) is 25.1 Å². The van der Waals surface area contributed by atoms with Gasteiger partial charge in [0.1, 0.15) is 5.54 Å². The van der Waals surface area contributed by atoms with Gasteiger partial charge >= 0.3 is 0 Å². The third kappa shape index (κ3) is 4.31. The number of benzene rings is 1. The molecule has 3 aromatic rings. The highest BCUT2D eigenvalue weighted by Crippen LogP contribution is 2.38. The lowest BCUT2D eigenvalue weighted by Gasteiger charge is -2.16. The summed E-state index contributed by atoms with van der Waals surface area (Å²) in [6.07, 6.45) is 1.79. The Morgan fingerprint density at radius 1 is 1.31 bits per heavy atom. The smallest absolute Gasteiger partial charge is 0.291 e. The highest BCUT2D eigenvalue weighted by molar-refractivity contribution is 7.89. The van der Waals surface area contributed by atoms with Crippen molar-refractivity contribution in [3.63, 3.8) is 0 Å². The van der Waals surface area contributed by atoms with E-state index in [0.29, 0.717) is 35.3 Å². The predicted molar refractivity (Wildman–Crippen MR) is 114 cm³/mol. The number of hydrogen-bond acceptors (Lipinski definition) is 10. The lowest BCUT2D eigenvalue weighted by molar-refractivity contribution is 0.150. The van der Waals surface area contributed by atoms with Crippen molar-refractivity contribution >= 4 is 38.4 Å². The maximum atomic E-state index is 13.0. The minimum atomic E-state index is -4.12. The summed E-state index contributed by atoms with van der Waals surface area (Å²) in [7, 11) is -4.12. The molecule has 0 saturated heterocycles. The number of nitrogens with zero attached hydrogens (tertiary/aromatic N) is 5. The van der Waals surface area contributed by atoms with Crippen LogP contribution in [0.25, 0.3) is 11.1 Å². The maximum Gasteiger partial charge on any atom is 0.291 e. The lowest BCUT2D eigenvalue weighted by atomic mass is 10.0. The number of sulfonamides is 1. The van der Waals surface area contributed by atoms with Crippen LogP contribution in [0.1, 0.15) is 31.3 Å². The Bertz CT molecular complexity index is 1320. The monoisotopic (exact) mass is 478 g/mol. The lowest BCUT2D eigenvalue weighted by Crippen LogP contribution is -2.35. The van der Waals surface area contributed by atoms with Crippen molar-refractivity contribution in [3.8, 4) is 17.2 Å². The number of rotatable bonds is 8. The molecule has 1 aliphatic rings. The van der Waals surface area contributed by atoms with E-state index in [4.69, 9.17) is 5.41 Å². The van der Waals surface area contributed by atoms with Crippen LogP contribution in [0, 0.1) is 16.7 Å². The Kier molecular flexibility index (Phi) is 5.63. The van der Waals surface area contributed by atoms with E-state index >= 15 is 0 Å². The van der Waals surface area contributed by atoms with Crippen molar-refractivity contribution in [2.24, 2.45) is 0 Å². The Morgan fingerprint density at radius 3 is 2.66 bits per heavy atom. The van der Waals surface area contributed by atoms with Gasteiger partial charge < -0.3 is 10.7 Å². The third-order valence-corrected chi connectivity index (χ3v) is 7.03. The fraction of sp³-hybridized carbons (Fsp3) is 0.222. The molecule has 14 heteroatoms. The first kappa shape index (κ1) is 21.8. The van der Waals surface area contributed by atoms with Crippen LogP contribution >= 0.6 is 11.3 Å². The zero-order valence-corrected chi connectivity index (χ0v) is 17.7. The van der Waals surface area contributed by atoms with Crippen LogP contribution in [0.5, 0.6) is 0 Å². The molecule has 1 fully saturated rings. The number of anilines is 2. The van der Waals surface area contributed by atoms with Gasteiger partial charge in [-0.1, -0.05) is 11.3 Å². The van der Waals surface area contributed by atoms with Crippen molar-refractivity contribution in [2.45, 2.75) is 29.7 Å². The van der Waals surface area contributed by atoms with Crippen LogP contribution in [0.4, 0.5) is 19.6 Å². The average molecular weight is 479 g/mol. The summed E-state index contributed by atoms with van der Waals surface area (Å²) in [6, 6.07) is 6.15. The van der Waals surface area contributed by atoms with Gasteiger partial charge in [0, 0.05) is 18.8 Å². The first-order valence-electron chi connectivity index (χ1n) is 9.06. The number of hydrogen-bond donors (Lipinski definition) is 3. The van der Waals surface area contributed by atoms with Gasteiger partial charge in [0.2, 0.25) is 15.2 Å². The molecule has 4 rings (SSSR count). The van der Waals surface area contributed by atoms with Crippen LogP contribution in [0.2, 0.25) is 0 Å². The summed E-state index contributed by atoms with van der Waals surface area (Å²) in [5.74, 6) is 0. The van der Waals surface area contributed by atoms with Gasteiger partial charge in [-0.25, -0.2) is 17.2 Å². The Balaban J connectivity index is 0.00000306. The van der Waals surface area contributed by atoms with Crippen LogP contribution in [-0.2, 0) is 10.0 Å². The molecule has 2 aromatic heterocycles. The Labute approximate surface area is 186 Å². The molecule has 166 valence electrons. The standard InChI is InChI=1S/C18H14F2N8O2S2.H2/c19-15(20)16-26-27-17(31-16)25-14-6-11(32(29,30)28-18(9-22)2-3-18)5-12(13(14)7-21)10-1-4-23-24-8-10;/h1,4-8,15,21,28H,2-3H2,(H,25,27);1H. The molecule has 0 aliphatic heterocycles. The molecule has 0 atom stereocenters. The van der Waals surface area contributed by atoms with E-state index in [1.54, 1.807) is 6.07 Å². The highest BCUT2D eigenvalue weighted by atomic mass is 32.2. The van der Waals surface area contributed by atoms with Crippen LogP contribution < -0.4 is 10.0 Å². The third-order valence-electron chi connectivity index (χ3n) is 4.67. The summed E-state index contributed by atoms with van der Waals surface area (Å²) in [6.45, 7) is 0. The Morgan fingerprint density at radius 2 is 2.09 bits per heavy atom. The average Bonchev–Trinajstić information content (AvgIpc) is 3.38. The van der Waals surface area contributed by atoms with Crippen LogP contribution in [-0.4, -0.2) is 40.6 Å². The van der Waals surface area contributed by atoms with Crippen molar-refractivity contribution < 1.29 is 18.6 Å². The molecule has 32 heavy (non-hydrogen) atoms. The molecule has 1 aliphatic carbocycles. The minimum Gasteiger partial charge on any atom is -0.329 e. The zero-order chi connectivity index (χ0) is 22.9. The fourth-order valence-corrected chi connectivity index (χ4v) is 4.94. The fourth-order valence-electron chi connectivity index (χ4n) is 2.90. The predicted octanol–water partition coefficient (Wildman–Crippen LogP) is 3.25. The molecule has 10 nitrogen and oxygen atoms in total. The molecule has 0 bridgehead atoms. The first-order chi connectivity index (χ1) is 15.3. The molecule has 0 amide bonds. The molecule has 1 aromatic carbocycles. The SMILES string of the molecule is N#CC1(NS(=O)(=O)c2cc(Nc3nnc(C(F)F)s3)c(C=N)c(-c3ccnnc3)c2)CC1.[HH]. The molecule has 0 spiro atoms. The normalized spacial score (nSPS) is 14.7.